The third kappa shape index (κ3) is 5.15. The Kier molecular flexibility index (Phi) is 7.98. The average Bonchev–Trinajstić information content (AvgIpc) is 2.80. The van der Waals surface area contributed by atoms with Crippen molar-refractivity contribution in [2.24, 2.45) is 0 Å². The van der Waals surface area contributed by atoms with Gasteiger partial charge in [-0.15, -0.1) is 0 Å². The second-order valence-electron chi connectivity index (χ2n) is 7.88. The van der Waals surface area contributed by atoms with Gasteiger partial charge in [0.1, 0.15) is 11.6 Å². The van der Waals surface area contributed by atoms with Crippen LogP contribution in [0, 0.1) is 5.82 Å². The number of benzene rings is 2. The zero-order valence-corrected chi connectivity index (χ0v) is 19.0. The van der Waals surface area contributed by atoms with E-state index < -0.39 is 17.9 Å². The SMILES string of the molecule is CCCCCCN(C(=O)Nc1ccccc1F)C(C)c1nc2ccccc2c(=O)n1CC. The number of carbonyl (C=O) groups excluding carboxylic acids is 1. The van der Waals surface area contributed by atoms with E-state index in [0.29, 0.717) is 29.8 Å². The number of amides is 2. The molecule has 1 aromatic heterocycles. The summed E-state index contributed by atoms with van der Waals surface area (Å²) >= 11 is 0. The third-order valence-electron chi connectivity index (χ3n) is 5.68. The summed E-state index contributed by atoms with van der Waals surface area (Å²) in [6.07, 6.45) is 3.95. The van der Waals surface area contributed by atoms with Crippen LogP contribution in [0.4, 0.5) is 14.9 Å². The molecule has 1 unspecified atom stereocenters. The zero-order valence-electron chi connectivity index (χ0n) is 19.0. The molecular formula is C25H31FN4O2. The van der Waals surface area contributed by atoms with E-state index in [1.54, 1.807) is 33.7 Å². The predicted octanol–water partition coefficient (Wildman–Crippen LogP) is 5.73. The topological polar surface area (TPSA) is 67.2 Å². The average molecular weight is 439 g/mol. The number of nitrogens with one attached hydrogen (secondary N) is 1. The molecule has 0 aliphatic carbocycles. The molecule has 1 heterocycles. The number of urea groups is 1. The van der Waals surface area contributed by atoms with Crippen molar-refractivity contribution in [1.82, 2.24) is 14.5 Å². The number of hydrogen-bond donors (Lipinski definition) is 1. The van der Waals surface area contributed by atoms with Gasteiger partial charge in [0.2, 0.25) is 0 Å². The van der Waals surface area contributed by atoms with Crippen LogP contribution in [-0.4, -0.2) is 27.0 Å². The first kappa shape index (κ1) is 23.4. The molecule has 6 nitrogen and oxygen atoms in total. The van der Waals surface area contributed by atoms with Gasteiger partial charge in [0, 0.05) is 13.1 Å². The molecule has 3 rings (SSSR count). The number of rotatable bonds is 9. The highest BCUT2D eigenvalue weighted by Gasteiger charge is 2.26. The molecule has 0 aliphatic rings. The summed E-state index contributed by atoms with van der Waals surface area (Å²) in [5.74, 6) is 0.0316. The summed E-state index contributed by atoms with van der Waals surface area (Å²) in [5.41, 5.74) is 0.604. The minimum absolute atomic E-state index is 0.125. The highest BCUT2D eigenvalue weighted by atomic mass is 19.1. The Morgan fingerprint density at radius 2 is 1.81 bits per heavy atom. The molecule has 2 amide bonds. The van der Waals surface area contributed by atoms with Crippen LogP contribution in [0.3, 0.4) is 0 Å². The van der Waals surface area contributed by atoms with Crippen molar-refractivity contribution in [2.45, 2.75) is 59.0 Å². The fourth-order valence-corrected chi connectivity index (χ4v) is 3.88. The zero-order chi connectivity index (χ0) is 23.1. The lowest BCUT2D eigenvalue weighted by molar-refractivity contribution is 0.186. The number of unbranched alkanes of at least 4 members (excludes halogenated alkanes) is 3. The first-order valence-corrected chi connectivity index (χ1v) is 11.3. The number of nitrogens with zero attached hydrogens (tertiary/aromatic N) is 3. The Morgan fingerprint density at radius 1 is 1.09 bits per heavy atom. The molecule has 1 N–H and O–H groups in total. The first-order chi connectivity index (χ1) is 15.5. The van der Waals surface area contributed by atoms with E-state index in [9.17, 15) is 14.0 Å². The summed E-state index contributed by atoms with van der Waals surface area (Å²) in [6.45, 7) is 6.80. The predicted molar refractivity (Wildman–Crippen MR) is 126 cm³/mol. The molecule has 7 heteroatoms. The highest BCUT2D eigenvalue weighted by molar-refractivity contribution is 5.89. The minimum Gasteiger partial charge on any atom is -0.315 e. The molecule has 0 radical (unpaired) electrons. The van der Waals surface area contributed by atoms with Crippen LogP contribution < -0.4 is 10.9 Å². The second kappa shape index (κ2) is 10.9. The van der Waals surface area contributed by atoms with Gasteiger partial charge < -0.3 is 10.2 Å². The second-order valence-corrected chi connectivity index (χ2v) is 7.88. The third-order valence-corrected chi connectivity index (χ3v) is 5.68. The van der Waals surface area contributed by atoms with Crippen molar-refractivity contribution in [3.63, 3.8) is 0 Å². The van der Waals surface area contributed by atoms with E-state index in [-0.39, 0.29) is 11.2 Å². The van der Waals surface area contributed by atoms with E-state index in [2.05, 4.69) is 12.2 Å². The Balaban J connectivity index is 1.97. The van der Waals surface area contributed by atoms with Gasteiger partial charge in [-0.1, -0.05) is 50.5 Å². The van der Waals surface area contributed by atoms with Crippen LogP contribution in [0.25, 0.3) is 10.9 Å². The van der Waals surface area contributed by atoms with Crippen molar-refractivity contribution < 1.29 is 9.18 Å². The van der Waals surface area contributed by atoms with Crippen LogP contribution in [0.2, 0.25) is 0 Å². The van der Waals surface area contributed by atoms with Crippen LogP contribution in [0.15, 0.2) is 53.3 Å². The molecule has 0 saturated heterocycles. The normalized spacial score (nSPS) is 12.0. The van der Waals surface area contributed by atoms with E-state index in [0.717, 1.165) is 25.7 Å². The highest BCUT2D eigenvalue weighted by Crippen LogP contribution is 2.23. The standard InChI is InChI=1S/C25H31FN4O2/c1-4-6-7-12-17-30(25(32)28-22-16-11-9-14-20(22)26)18(3)23-27-21-15-10-8-13-19(21)24(31)29(23)5-2/h8-11,13-16,18H,4-7,12,17H2,1-3H3,(H,28,32). The van der Waals surface area contributed by atoms with Gasteiger partial charge in [-0.3, -0.25) is 9.36 Å². The Labute approximate surface area is 188 Å². The number of para-hydroxylation sites is 2. The van der Waals surface area contributed by atoms with Gasteiger partial charge in [0.05, 0.1) is 22.6 Å². The smallest absolute Gasteiger partial charge is 0.315 e. The maximum absolute atomic E-state index is 14.1. The van der Waals surface area contributed by atoms with E-state index in [4.69, 9.17) is 4.98 Å². The maximum Gasteiger partial charge on any atom is 0.322 e. The number of aromatic nitrogens is 2. The fraction of sp³-hybridized carbons (Fsp3) is 0.400. The van der Waals surface area contributed by atoms with Gasteiger partial charge in [-0.2, -0.15) is 0 Å². The van der Waals surface area contributed by atoms with Crippen molar-refractivity contribution >= 4 is 22.6 Å². The number of halogens is 1. The lowest BCUT2D eigenvalue weighted by atomic mass is 10.1. The monoisotopic (exact) mass is 438 g/mol. The molecule has 2 aromatic carbocycles. The van der Waals surface area contributed by atoms with Crippen LogP contribution in [0.1, 0.15) is 58.3 Å². The first-order valence-electron chi connectivity index (χ1n) is 11.3. The molecule has 3 aromatic rings. The van der Waals surface area contributed by atoms with Gasteiger partial charge in [-0.25, -0.2) is 14.2 Å². The number of fused-ring (bicyclic) bond motifs is 1. The maximum atomic E-state index is 14.1. The number of anilines is 1. The molecule has 0 spiro atoms. The van der Waals surface area contributed by atoms with Crippen molar-refractivity contribution in [1.29, 1.82) is 0 Å². The van der Waals surface area contributed by atoms with Gasteiger partial charge >= 0.3 is 6.03 Å². The summed E-state index contributed by atoms with van der Waals surface area (Å²) in [6, 6.07) is 12.4. The molecule has 1 atom stereocenters. The Hall–Kier alpha value is -3.22. The summed E-state index contributed by atoms with van der Waals surface area (Å²) in [7, 11) is 0. The van der Waals surface area contributed by atoms with Crippen molar-refractivity contribution in [3.05, 3.63) is 70.5 Å². The van der Waals surface area contributed by atoms with E-state index in [1.807, 2.05) is 26.0 Å². The molecular weight excluding hydrogens is 407 g/mol. The van der Waals surface area contributed by atoms with Gasteiger partial charge in [-0.05, 0) is 44.5 Å². The van der Waals surface area contributed by atoms with E-state index in [1.165, 1.54) is 12.1 Å². The lowest BCUT2D eigenvalue weighted by Gasteiger charge is -2.30. The largest absolute Gasteiger partial charge is 0.322 e. The summed E-state index contributed by atoms with van der Waals surface area (Å²) < 4.78 is 15.8. The molecule has 0 bridgehead atoms. The Morgan fingerprint density at radius 3 is 2.53 bits per heavy atom. The quantitative estimate of drug-likeness (QED) is 0.434. The van der Waals surface area contributed by atoms with Crippen molar-refractivity contribution in [2.75, 3.05) is 11.9 Å². The van der Waals surface area contributed by atoms with Gasteiger partial charge in [0.15, 0.2) is 0 Å². The lowest BCUT2D eigenvalue weighted by Crippen LogP contribution is -2.40. The van der Waals surface area contributed by atoms with Crippen LogP contribution >= 0.6 is 0 Å². The molecule has 0 fully saturated rings. The molecule has 32 heavy (non-hydrogen) atoms. The van der Waals surface area contributed by atoms with Gasteiger partial charge in [0.25, 0.3) is 5.56 Å². The number of carbonyl (C=O) groups is 1. The fourth-order valence-electron chi connectivity index (χ4n) is 3.88. The minimum atomic E-state index is -0.492. The molecule has 0 saturated carbocycles. The number of hydrogen-bond acceptors (Lipinski definition) is 3. The van der Waals surface area contributed by atoms with Crippen molar-refractivity contribution in [3.8, 4) is 0 Å². The van der Waals surface area contributed by atoms with Crippen LogP contribution in [-0.2, 0) is 6.54 Å². The summed E-state index contributed by atoms with van der Waals surface area (Å²) in [5, 5.41) is 3.24. The van der Waals surface area contributed by atoms with E-state index >= 15 is 0 Å². The summed E-state index contributed by atoms with van der Waals surface area (Å²) in [4.78, 5) is 32.7. The molecule has 0 aliphatic heterocycles. The van der Waals surface area contributed by atoms with Crippen LogP contribution in [0.5, 0.6) is 0 Å². The molecule has 170 valence electrons. The Bertz CT molecular complexity index is 1130.